The van der Waals surface area contributed by atoms with Crippen LogP contribution in [-0.4, -0.2) is 24.4 Å². The highest BCUT2D eigenvalue weighted by Gasteiger charge is 2.12. The molecule has 0 spiro atoms. The van der Waals surface area contributed by atoms with E-state index in [1.807, 2.05) is 30.3 Å². The minimum atomic E-state index is -3.57. The summed E-state index contributed by atoms with van der Waals surface area (Å²) in [5.41, 5.74) is 0.231. The van der Waals surface area contributed by atoms with Gasteiger partial charge >= 0.3 is 0 Å². The van der Waals surface area contributed by atoms with Gasteiger partial charge in [0.05, 0.1) is 16.5 Å². The van der Waals surface area contributed by atoms with Crippen molar-refractivity contribution in [3.05, 3.63) is 74.8 Å². The van der Waals surface area contributed by atoms with Gasteiger partial charge in [0.1, 0.15) is 0 Å². The first-order chi connectivity index (χ1) is 11.4. The van der Waals surface area contributed by atoms with E-state index in [1.54, 1.807) is 0 Å². The van der Waals surface area contributed by atoms with Crippen LogP contribution in [0.2, 0.25) is 0 Å². The quantitative estimate of drug-likeness (QED) is 0.645. The lowest BCUT2D eigenvalue weighted by Gasteiger charge is -2.08. The van der Waals surface area contributed by atoms with Gasteiger partial charge in [-0.2, -0.15) is 0 Å². The second-order valence-corrected chi connectivity index (χ2v) is 7.17. The Labute approximate surface area is 137 Å². The summed E-state index contributed by atoms with van der Waals surface area (Å²) in [5, 5.41) is 4.75. The molecule has 124 valence electrons. The van der Waals surface area contributed by atoms with Gasteiger partial charge in [0.2, 0.25) is 10.0 Å². The fourth-order valence-corrected chi connectivity index (χ4v) is 3.46. The number of aromatic amines is 2. The summed E-state index contributed by atoms with van der Waals surface area (Å²) in [6, 6.07) is 13.5. The summed E-state index contributed by atoms with van der Waals surface area (Å²) in [4.78, 5) is 23.4. The molecule has 8 heteroatoms. The molecule has 0 bridgehead atoms. The Kier molecular flexibility index (Phi) is 4.22. The monoisotopic (exact) mass is 345 g/mol. The maximum atomic E-state index is 12.2. The van der Waals surface area contributed by atoms with Gasteiger partial charge in [-0.05, 0) is 30.2 Å². The van der Waals surface area contributed by atoms with Gasteiger partial charge < -0.3 is 0 Å². The second kappa shape index (κ2) is 6.32. The number of hydrogen-bond acceptors (Lipinski definition) is 4. The van der Waals surface area contributed by atoms with Gasteiger partial charge in [-0.3, -0.25) is 24.5 Å². The Bertz CT molecular complexity index is 1090. The number of rotatable bonds is 5. The van der Waals surface area contributed by atoms with E-state index in [2.05, 4.69) is 14.9 Å². The van der Waals surface area contributed by atoms with E-state index in [9.17, 15) is 18.0 Å². The molecule has 0 saturated heterocycles. The summed E-state index contributed by atoms with van der Waals surface area (Å²) in [5.74, 6) is -0.0826. The summed E-state index contributed by atoms with van der Waals surface area (Å²) < 4.78 is 26.8. The largest absolute Gasteiger partial charge is 0.284 e. The lowest BCUT2D eigenvalue weighted by molar-refractivity contribution is 0.600. The van der Waals surface area contributed by atoms with Crippen molar-refractivity contribution in [2.45, 2.75) is 6.42 Å². The number of anilines is 1. The van der Waals surface area contributed by atoms with E-state index in [1.165, 1.54) is 18.2 Å². The summed E-state index contributed by atoms with van der Waals surface area (Å²) in [7, 11) is -3.57. The molecule has 2 aromatic carbocycles. The van der Waals surface area contributed by atoms with E-state index in [4.69, 9.17) is 0 Å². The molecule has 0 unspecified atom stereocenters. The molecule has 3 rings (SSSR count). The summed E-state index contributed by atoms with van der Waals surface area (Å²) >= 11 is 0. The molecule has 0 atom stereocenters. The Balaban J connectivity index is 1.82. The first-order valence-corrected chi connectivity index (χ1v) is 8.89. The van der Waals surface area contributed by atoms with Crippen molar-refractivity contribution in [3.63, 3.8) is 0 Å². The topological polar surface area (TPSA) is 112 Å². The molecule has 0 saturated carbocycles. The predicted molar refractivity (Wildman–Crippen MR) is 92.7 cm³/mol. The molecule has 24 heavy (non-hydrogen) atoms. The van der Waals surface area contributed by atoms with Crippen molar-refractivity contribution in [2.75, 3.05) is 10.5 Å². The van der Waals surface area contributed by atoms with E-state index in [0.717, 1.165) is 5.56 Å². The summed E-state index contributed by atoms with van der Waals surface area (Å²) in [6.45, 7) is 0. The molecule has 0 aliphatic heterocycles. The van der Waals surface area contributed by atoms with Crippen LogP contribution in [0.15, 0.2) is 58.1 Å². The number of benzene rings is 2. The number of aryl methyl sites for hydroxylation is 1. The molecule has 1 heterocycles. The SMILES string of the molecule is O=c1[nH][nH]c(=O)c2cc(NS(=O)(=O)CCc3ccccc3)ccc12. The molecular formula is C16H15N3O4S. The highest BCUT2D eigenvalue weighted by Crippen LogP contribution is 2.15. The number of aromatic nitrogens is 2. The zero-order valence-corrected chi connectivity index (χ0v) is 13.4. The number of hydrogen-bond donors (Lipinski definition) is 3. The number of sulfonamides is 1. The van der Waals surface area contributed by atoms with Crippen LogP contribution in [0, 0.1) is 0 Å². The van der Waals surface area contributed by atoms with Gasteiger partial charge in [-0.15, -0.1) is 0 Å². The zero-order chi connectivity index (χ0) is 17.2. The normalized spacial score (nSPS) is 11.5. The third-order valence-electron chi connectivity index (χ3n) is 3.57. The Morgan fingerprint density at radius 1 is 0.875 bits per heavy atom. The third-order valence-corrected chi connectivity index (χ3v) is 4.86. The molecule has 3 N–H and O–H groups in total. The lowest BCUT2D eigenvalue weighted by Crippen LogP contribution is -2.20. The average Bonchev–Trinajstić information content (AvgIpc) is 2.57. The molecule has 0 aliphatic rings. The van der Waals surface area contributed by atoms with E-state index in [-0.39, 0.29) is 22.2 Å². The van der Waals surface area contributed by atoms with E-state index in [0.29, 0.717) is 6.42 Å². The molecule has 0 fully saturated rings. The molecule has 0 radical (unpaired) electrons. The zero-order valence-electron chi connectivity index (χ0n) is 12.6. The Morgan fingerprint density at radius 3 is 2.25 bits per heavy atom. The maximum absolute atomic E-state index is 12.2. The highest BCUT2D eigenvalue weighted by atomic mass is 32.2. The van der Waals surface area contributed by atoms with Crippen molar-refractivity contribution < 1.29 is 8.42 Å². The van der Waals surface area contributed by atoms with Gasteiger partial charge in [0.25, 0.3) is 11.1 Å². The fourth-order valence-electron chi connectivity index (χ4n) is 2.37. The van der Waals surface area contributed by atoms with Crippen molar-refractivity contribution >= 4 is 26.5 Å². The molecule has 0 aliphatic carbocycles. The first-order valence-electron chi connectivity index (χ1n) is 7.24. The van der Waals surface area contributed by atoms with Gasteiger partial charge in [0, 0.05) is 5.69 Å². The van der Waals surface area contributed by atoms with Crippen LogP contribution >= 0.6 is 0 Å². The average molecular weight is 345 g/mol. The molecule has 0 amide bonds. The van der Waals surface area contributed by atoms with Gasteiger partial charge in [0.15, 0.2) is 0 Å². The van der Waals surface area contributed by atoms with Gasteiger partial charge in [-0.1, -0.05) is 30.3 Å². The highest BCUT2D eigenvalue weighted by molar-refractivity contribution is 7.92. The third kappa shape index (κ3) is 3.54. The molecule has 7 nitrogen and oxygen atoms in total. The molecule has 1 aromatic heterocycles. The molecular weight excluding hydrogens is 330 g/mol. The van der Waals surface area contributed by atoms with Gasteiger partial charge in [-0.25, -0.2) is 8.42 Å². The maximum Gasteiger partial charge on any atom is 0.270 e. The van der Waals surface area contributed by atoms with Crippen LogP contribution in [0.4, 0.5) is 5.69 Å². The number of nitrogens with one attached hydrogen (secondary N) is 3. The van der Waals surface area contributed by atoms with Crippen molar-refractivity contribution in [1.82, 2.24) is 10.2 Å². The van der Waals surface area contributed by atoms with Crippen molar-refractivity contribution in [2.24, 2.45) is 0 Å². The minimum absolute atomic E-state index is 0.0826. The van der Waals surface area contributed by atoms with Crippen LogP contribution in [0.5, 0.6) is 0 Å². The first kappa shape index (κ1) is 16.0. The second-order valence-electron chi connectivity index (χ2n) is 5.33. The number of fused-ring (bicyclic) bond motifs is 1. The Morgan fingerprint density at radius 2 is 1.54 bits per heavy atom. The summed E-state index contributed by atoms with van der Waals surface area (Å²) in [6.07, 6.45) is 0.379. The van der Waals surface area contributed by atoms with Crippen LogP contribution in [-0.2, 0) is 16.4 Å². The Hall–Kier alpha value is -2.87. The number of H-pyrrole nitrogens is 2. The smallest absolute Gasteiger partial charge is 0.270 e. The predicted octanol–water partition coefficient (Wildman–Crippen LogP) is 1.20. The van der Waals surface area contributed by atoms with Crippen LogP contribution < -0.4 is 15.8 Å². The van der Waals surface area contributed by atoms with Crippen molar-refractivity contribution in [3.8, 4) is 0 Å². The van der Waals surface area contributed by atoms with E-state index >= 15 is 0 Å². The fraction of sp³-hybridized carbons (Fsp3) is 0.125. The lowest BCUT2D eigenvalue weighted by atomic mass is 10.2. The standard InChI is InChI=1S/C16H15N3O4S/c20-15-13-7-6-12(10-14(13)16(21)18-17-15)19-24(22,23)9-8-11-4-2-1-3-5-11/h1-7,10,19H,8-9H2,(H,17,20)(H,18,21). The minimum Gasteiger partial charge on any atom is -0.284 e. The van der Waals surface area contributed by atoms with Crippen LogP contribution in [0.25, 0.3) is 10.8 Å². The van der Waals surface area contributed by atoms with Crippen molar-refractivity contribution in [1.29, 1.82) is 0 Å². The van der Waals surface area contributed by atoms with Crippen LogP contribution in [0.1, 0.15) is 5.56 Å². The van der Waals surface area contributed by atoms with E-state index < -0.39 is 21.1 Å². The molecule has 3 aromatic rings. The van der Waals surface area contributed by atoms with Crippen LogP contribution in [0.3, 0.4) is 0 Å².